The van der Waals surface area contributed by atoms with E-state index in [0.717, 1.165) is 29.0 Å². The van der Waals surface area contributed by atoms with Crippen LogP contribution in [0.3, 0.4) is 0 Å². The number of hydrogen-bond acceptors (Lipinski definition) is 6. The molecule has 1 heterocycles. The highest BCUT2D eigenvalue weighted by atomic mass is 32.2. The number of carbonyl (C=O) groups is 2. The summed E-state index contributed by atoms with van der Waals surface area (Å²) in [4.78, 5) is 29.1. The van der Waals surface area contributed by atoms with E-state index in [2.05, 4.69) is 17.6 Å². The zero-order valence-electron chi connectivity index (χ0n) is 15.9. The molecule has 3 rings (SSSR count). The number of unbranched alkanes of at least 4 members (excludes halogenated alkanes) is 1. The summed E-state index contributed by atoms with van der Waals surface area (Å²) < 4.78 is 44.8. The molecular weight excluding hydrogens is 453 g/mol. The largest absolute Gasteiger partial charge is 0.481 e. The minimum Gasteiger partial charge on any atom is -0.481 e. The van der Waals surface area contributed by atoms with Gasteiger partial charge in [-0.1, -0.05) is 0 Å². The lowest BCUT2D eigenvalue weighted by atomic mass is 10.2. The average Bonchev–Trinajstić information content (AvgIpc) is 3.06. The van der Waals surface area contributed by atoms with E-state index in [0.29, 0.717) is 28.4 Å². The van der Waals surface area contributed by atoms with Crippen LogP contribution in [0, 0.1) is 0 Å². The van der Waals surface area contributed by atoms with Crippen molar-refractivity contribution >= 4 is 51.9 Å². The molecule has 11 heteroatoms. The monoisotopic (exact) mass is 470 g/mol. The maximum atomic E-state index is 12.8. The van der Waals surface area contributed by atoms with E-state index in [9.17, 15) is 22.8 Å². The van der Waals surface area contributed by atoms with Crippen LogP contribution in [0.5, 0.6) is 5.75 Å². The second-order valence-electron chi connectivity index (χ2n) is 6.54. The summed E-state index contributed by atoms with van der Waals surface area (Å²) in [5, 5.41) is 8.80. The smallest absolute Gasteiger partial charge is 0.419 e. The van der Waals surface area contributed by atoms with Crippen molar-refractivity contribution in [1.82, 2.24) is 4.98 Å². The topological polar surface area (TPSA) is 79.7 Å². The molecule has 1 N–H and O–H groups in total. The lowest BCUT2D eigenvalue weighted by Gasteiger charge is -2.22. The van der Waals surface area contributed by atoms with Crippen molar-refractivity contribution in [3.63, 3.8) is 0 Å². The van der Waals surface area contributed by atoms with Crippen molar-refractivity contribution in [3.8, 4) is 5.75 Å². The first kappa shape index (κ1) is 22.9. The number of thiol groups is 1. The van der Waals surface area contributed by atoms with E-state index < -0.39 is 23.8 Å². The van der Waals surface area contributed by atoms with Crippen molar-refractivity contribution < 1.29 is 32.6 Å². The summed E-state index contributed by atoms with van der Waals surface area (Å²) in [6.45, 7) is 0.171. The van der Waals surface area contributed by atoms with Crippen LogP contribution in [-0.4, -0.2) is 28.7 Å². The molecule has 31 heavy (non-hydrogen) atoms. The number of amides is 1. The predicted octanol–water partition coefficient (Wildman–Crippen LogP) is 5.86. The molecule has 0 aliphatic rings. The number of nitrogens with zero attached hydrogens (tertiary/aromatic N) is 2. The SMILES string of the molecule is O=C(O)CCCCN(C(=O)Oc1ccc(C(F)(F)F)cc1)c1ccc2nc(S)sc2c1. The summed E-state index contributed by atoms with van der Waals surface area (Å²) in [5.74, 6) is -0.976. The Kier molecular flexibility index (Phi) is 7.06. The highest BCUT2D eigenvalue weighted by Gasteiger charge is 2.30. The number of rotatable bonds is 7. The second kappa shape index (κ2) is 9.56. The first-order chi connectivity index (χ1) is 14.6. The van der Waals surface area contributed by atoms with Crippen LogP contribution in [-0.2, 0) is 11.0 Å². The Labute approximate surface area is 184 Å². The van der Waals surface area contributed by atoms with Crippen molar-refractivity contribution in [1.29, 1.82) is 0 Å². The number of carboxylic acid groups (broad SMARTS) is 1. The van der Waals surface area contributed by atoms with E-state index in [1.165, 1.54) is 16.2 Å². The zero-order valence-corrected chi connectivity index (χ0v) is 17.6. The number of anilines is 1. The predicted molar refractivity (Wildman–Crippen MR) is 113 cm³/mol. The number of alkyl halides is 3. The minimum atomic E-state index is -4.49. The van der Waals surface area contributed by atoms with Gasteiger partial charge in [-0.25, -0.2) is 9.78 Å². The number of hydrogen-bond donors (Lipinski definition) is 2. The van der Waals surface area contributed by atoms with Gasteiger partial charge in [0.2, 0.25) is 0 Å². The standard InChI is InChI=1S/C20H17F3N2O4S2/c21-20(22,23)12-4-7-14(8-5-12)29-19(28)25(10-2-1-3-17(26)27)13-6-9-15-16(11-13)31-18(30)24-15/h4-9,11H,1-3,10H2,(H,24,30)(H,26,27). The molecule has 0 aliphatic carbocycles. The molecule has 0 aliphatic heterocycles. The molecule has 0 bridgehead atoms. The minimum absolute atomic E-state index is 0.0370. The molecule has 0 atom stereocenters. The van der Waals surface area contributed by atoms with Crippen molar-refractivity contribution in [2.75, 3.05) is 11.4 Å². The summed E-state index contributed by atoms with van der Waals surface area (Å²) in [6, 6.07) is 8.93. The van der Waals surface area contributed by atoms with Crippen LogP contribution in [0.25, 0.3) is 10.2 Å². The lowest BCUT2D eigenvalue weighted by molar-refractivity contribution is -0.138. The van der Waals surface area contributed by atoms with Crippen LogP contribution >= 0.6 is 24.0 Å². The molecule has 0 spiro atoms. The normalized spacial score (nSPS) is 11.5. The molecule has 1 aromatic heterocycles. The number of aromatic nitrogens is 1. The zero-order chi connectivity index (χ0) is 22.6. The molecule has 3 aromatic rings. The third-order valence-corrected chi connectivity index (χ3v) is 5.50. The number of carbonyl (C=O) groups excluding carboxylic acids is 1. The second-order valence-corrected chi connectivity index (χ2v) is 8.30. The Balaban J connectivity index is 1.80. The molecule has 6 nitrogen and oxygen atoms in total. The van der Waals surface area contributed by atoms with Gasteiger partial charge in [-0.2, -0.15) is 13.2 Å². The van der Waals surface area contributed by atoms with Crippen LogP contribution in [0.4, 0.5) is 23.7 Å². The fraction of sp³-hybridized carbons (Fsp3) is 0.250. The summed E-state index contributed by atoms with van der Waals surface area (Å²) in [5.41, 5.74) is 0.355. The molecule has 0 saturated carbocycles. The number of carboxylic acids is 1. The van der Waals surface area contributed by atoms with Gasteiger partial charge in [0.25, 0.3) is 0 Å². The Bertz CT molecular complexity index is 1080. The Morgan fingerprint density at radius 3 is 2.48 bits per heavy atom. The van der Waals surface area contributed by atoms with Gasteiger partial charge in [0, 0.05) is 18.7 Å². The number of benzene rings is 2. The van der Waals surface area contributed by atoms with Gasteiger partial charge in [0.05, 0.1) is 15.8 Å². The van der Waals surface area contributed by atoms with Crippen LogP contribution in [0.2, 0.25) is 0 Å². The molecule has 0 unspecified atom stereocenters. The molecule has 164 valence electrons. The maximum Gasteiger partial charge on any atom is 0.419 e. The van der Waals surface area contributed by atoms with Crippen LogP contribution in [0.15, 0.2) is 46.8 Å². The lowest BCUT2D eigenvalue weighted by Crippen LogP contribution is -2.34. The molecule has 0 radical (unpaired) electrons. The fourth-order valence-electron chi connectivity index (χ4n) is 2.81. The van der Waals surface area contributed by atoms with Gasteiger partial charge < -0.3 is 9.84 Å². The van der Waals surface area contributed by atoms with Crippen LogP contribution in [0.1, 0.15) is 24.8 Å². The van der Waals surface area contributed by atoms with E-state index in [1.807, 2.05) is 0 Å². The van der Waals surface area contributed by atoms with Gasteiger partial charge in [0.1, 0.15) is 10.1 Å². The molecule has 1 amide bonds. The maximum absolute atomic E-state index is 12.8. The van der Waals surface area contributed by atoms with Gasteiger partial charge in [-0.3, -0.25) is 9.69 Å². The Morgan fingerprint density at radius 2 is 1.84 bits per heavy atom. The molecule has 2 aromatic carbocycles. The van der Waals surface area contributed by atoms with E-state index in [-0.39, 0.29) is 18.7 Å². The average molecular weight is 470 g/mol. The number of fused-ring (bicyclic) bond motifs is 1. The third-order valence-electron chi connectivity index (χ3n) is 4.30. The number of aliphatic carboxylic acids is 1. The summed E-state index contributed by atoms with van der Waals surface area (Å²) in [6.07, 6.45) is -4.58. The van der Waals surface area contributed by atoms with Crippen molar-refractivity contribution in [2.45, 2.75) is 29.8 Å². The Hall–Kier alpha value is -2.79. The quantitative estimate of drug-likeness (QED) is 0.334. The van der Waals surface area contributed by atoms with Gasteiger partial charge >= 0.3 is 18.2 Å². The van der Waals surface area contributed by atoms with Gasteiger partial charge in [-0.15, -0.1) is 24.0 Å². The number of halogens is 3. The molecule has 0 saturated heterocycles. The first-order valence-electron chi connectivity index (χ1n) is 9.11. The number of ether oxygens (including phenoxy) is 1. The van der Waals surface area contributed by atoms with Crippen molar-refractivity contribution in [2.24, 2.45) is 0 Å². The fourth-order valence-corrected chi connectivity index (χ4v) is 3.95. The summed E-state index contributed by atoms with van der Waals surface area (Å²) in [7, 11) is 0. The van der Waals surface area contributed by atoms with Crippen LogP contribution < -0.4 is 9.64 Å². The van der Waals surface area contributed by atoms with E-state index >= 15 is 0 Å². The molecule has 0 fully saturated rings. The highest BCUT2D eigenvalue weighted by molar-refractivity contribution is 7.82. The highest BCUT2D eigenvalue weighted by Crippen LogP contribution is 2.31. The van der Waals surface area contributed by atoms with E-state index in [4.69, 9.17) is 9.84 Å². The van der Waals surface area contributed by atoms with Gasteiger partial charge in [-0.05, 0) is 55.3 Å². The first-order valence-corrected chi connectivity index (χ1v) is 10.4. The number of thiazole rings is 1. The van der Waals surface area contributed by atoms with E-state index in [1.54, 1.807) is 18.2 Å². The molecular formula is C20H17F3N2O4S2. The van der Waals surface area contributed by atoms with Crippen molar-refractivity contribution in [3.05, 3.63) is 48.0 Å². The Morgan fingerprint density at radius 1 is 1.13 bits per heavy atom. The van der Waals surface area contributed by atoms with Gasteiger partial charge in [0.15, 0.2) is 0 Å². The third kappa shape index (κ3) is 6.11. The summed E-state index contributed by atoms with van der Waals surface area (Å²) >= 11 is 5.54.